The molecule has 1 aliphatic heterocycles. The number of esters is 1. The smallest absolute Gasteiger partial charge is 0.309 e. The standard InChI is InChI=1S/C22H22ClN3O4/c1-2-29-22(28)15-9-11-25(12-10-15)21(27)19-14-17(20-8-5-13-30-20)24-26(19)18-7-4-3-6-16(18)23/h3-8,13-15H,2,9-12H2,1H3. The Kier molecular flexibility index (Phi) is 5.90. The van der Waals surface area contributed by atoms with Gasteiger partial charge in [0.25, 0.3) is 5.91 Å². The Hall–Kier alpha value is -3.06. The molecule has 3 heterocycles. The summed E-state index contributed by atoms with van der Waals surface area (Å²) in [5.41, 5.74) is 1.55. The van der Waals surface area contributed by atoms with Crippen molar-refractivity contribution in [3.63, 3.8) is 0 Å². The topological polar surface area (TPSA) is 77.6 Å². The molecule has 0 unspecified atom stereocenters. The van der Waals surface area contributed by atoms with E-state index in [2.05, 4.69) is 5.10 Å². The average molecular weight is 428 g/mol. The van der Waals surface area contributed by atoms with E-state index in [1.807, 2.05) is 18.2 Å². The van der Waals surface area contributed by atoms with Crippen LogP contribution >= 0.6 is 11.6 Å². The number of hydrogen-bond donors (Lipinski definition) is 0. The molecule has 0 spiro atoms. The second kappa shape index (κ2) is 8.75. The number of piperidine rings is 1. The number of ether oxygens (including phenoxy) is 1. The molecule has 8 heteroatoms. The van der Waals surface area contributed by atoms with Crippen LogP contribution in [0.4, 0.5) is 0 Å². The van der Waals surface area contributed by atoms with Gasteiger partial charge < -0.3 is 14.1 Å². The summed E-state index contributed by atoms with van der Waals surface area (Å²) in [5, 5.41) is 5.07. The summed E-state index contributed by atoms with van der Waals surface area (Å²) in [6.45, 7) is 3.12. The van der Waals surface area contributed by atoms with E-state index in [1.165, 1.54) is 0 Å². The van der Waals surface area contributed by atoms with Crippen LogP contribution in [0.1, 0.15) is 30.3 Å². The van der Waals surface area contributed by atoms with E-state index in [9.17, 15) is 9.59 Å². The van der Waals surface area contributed by atoms with Crippen LogP contribution in [0.3, 0.4) is 0 Å². The summed E-state index contributed by atoms with van der Waals surface area (Å²) in [6, 6.07) is 12.5. The van der Waals surface area contributed by atoms with Crippen LogP contribution in [0.15, 0.2) is 53.1 Å². The molecule has 30 heavy (non-hydrogen) atoms. The average Bonchev–Trinajstić information content (AvgIpc) is 3.44. The molecule has 0 saturated carbocycles. The number of amides is 1. The van der Waals surface area contributed by atoms with Crippen molar-refractivity contribution in [2.75, 3.05) is 19.7 Å². The summed E-state index contributed by atoms with van der Waals surface area (Å²) in [5.74, 6) is 0.0466. The van der Waals surface area contributed by atoms with Crippen LogP contribution in [0.5, 0.6) is 0 Å². The third-order valence-corrected chi connectivity index (χ3v) is 5.50. The fraction of sp³-hybridized carbons (Fsp3) is 0.318. The monoisotopic (exact) mass is 427 g/mol. The van der Waals surface area contributed by atoms with Crippen molar-refractivity contribution in [2.24, 2.45) is 5.92 Å². The summed E-state index contributed by atoms with van der Waals surface area (Å²) < 4.78 is 12.1. The van der Waals surface area contributed by atoms with Gasteiger partial charge in [0.05, 0.1) is 29.5 Å². The molecule has 156 valence electrons. The maximum absolute atomic E-state index is 13.4. The Morgan fingerprint density at radius 3 is 2.63 bits per heavy atom. The molecule has 0 atom stereocenters. The van der Waals surface area contributed by atoms with E-state index >= 15 is 0 Å². The van der Waals surface area contributed by atoms with Gasteiger partial charge in [-0.05, 0) is 44.0 Å². The van der Waals surface area contributed by atoms with Gasteiger partial charge in [0.15, 0.2) is 5.76 Å². The lowest BCUT2D eigenvalue weighted by Crippen LogP contribution is -2.41. The van der Waals surface area contributed by atoms with Crippen molar-refractivity contribution in [3.8, 4) is 17.1 Å². The van der Waals surface area contributed by atoms with Crippen molar-refractivity contribution < 1.29 is 18.7 Å². The van der Waals surface area contributed by atoms with Crippen molar-refractivity contribution in [3.05, 3.63) is 59.4 Å². The second-order valence-electron chi connectivity index (χ2n) is 7.07. The molecule has 1 aliphatic rings. The molecule has 1 amide bonds. The van der Waals surface area contributed by atoms with Gasteiger partial charge in [0.1, 0.15) is 11.4 Å². The van der Waals surface area contributed by atoms with E-state index in [0.717, 1.165) is 0 Å². The van der Waals surface area contributed by atoms with Gasteiger partial charge in [0.2, 0.25) is 0 Å². The Morgan fingerprint density at radius 1 is 1.20 bits per heavy atom. The summed E-state index contributed by atoms with van der Waals surface area (Å²) in [7, 11) is 0. The molecule has 1 saturated heterocycles. The molecule has 0 N–H and O–H groups in total. The highest BCUT2D eigenvalue weighted by Crippen LogP contribution is 2.28. The van der Waals surface area contributed by atoms with E-state index < -0.39 is 0 Å². The maximum atomic E-state index is 13.4. The molecule has 1 fully saturated rings. The normalized spacial score (nSPS) is 14.7. The first kappa shape index (κ1) is 20.2. The van der Waals surface area contributed by atoms with Crippen LogP contribution in [-0.4, -0.2) is 46.3 Å². The molecule has 0 bridgehead atoms. The van der Waals surface area contributed by atoms with Gasteiger partial charge in [0, 0.05) is 19.2 Å². The molecule has 0 aliphatic carbocycles. The lowest BCUT2D eigenvalue weighted by atomic mass is 9.97. The van der Waals surface area contributed by atoms with Gasteiger partial charge in [-0.15, -0.1) is 0 Å². The molecule has 7 nitrogen and oxygen atoms in total. The molecule has 0 radical (unpaired) electrons. The predicted molar refractivity (Wildman–Crippen MR) is 112 cm³/mol. The fourth-order valence-electron chi connectivity index (χ4n) is 3.63. The van der Waals surface area contributed by atoms with Crippen LogP contribution in [0.2, 0.25) is 5.02 Å². The highest BCUT2D eigenvalue weighted by molar-refractivity contribution is 6.32. The minimum absolute atomic E-state index is 0.164. The minimum atomic E-state index is -0.189. The lowest BCUT2D eigenvalue weighted by Gasteiger charge is -2.30. The first-order valence-corrected chi connectivity index (χ1v) is 10.3. The SMILES string of the molecule is CCOC(=O)C1CCN(C(=O)c2cc(-c3ccco3)nn2-c2ccccc2Cl)CC1. The summed E-state index contributed by atoms with van der Waals surface area (Å²) >= 11 is 6.38. The summed E-state index contributed by atoms with van der Waals surface area (Å²) in [6.07, 6.45) is 2.72. The number of likely N-dealkylation sites (tertiary alicyclic amines) is 1. The predicted octanol–water partition coefficient (Wildman–Crippen LogP) is 4.20. The van der Waals surface area contributed by atoms with Crippen LogP contribution in [-0.2, 0) is 9.53 Å². The zero-order valence-corrected chi connectivity index (χ0v) is 17.3. The third-order valence-electron chi connectivity index (χ3n) is 5.18. The van der Waals surface area contributed by atoms with E-state index in [-0.39, 0.29) is 17.8 Å². The molecular formula is C22H22ClN3O4. The second-order valence-corrected chi connectivity index (χ2v) is 7.48. The van der Waals surface area contributed by atoms with Gasteiger partial charge in [-0.25, -0.2) is 4.68 Å². The van der Waals surface area contributed by atoms with Crippen LogP contribution in [0, 0.1) is 5.92 Å². The zero-order chi connectivity index (χ0) is 21.1. The van der Waals surface area contributed by atoms with Gasteiger partial charge >= 0.3 is 5.97 Å². The Morgan fingerprint density at radius 2 is 1.97 bits per heavy atom. The summed E-state index contributed by atoms with van der Waals surface area (Å²) in [4.78, 5) is 27.1. The minimum Gasteiger partial charge on any atom is -0.466 e. The highest BCUT2D eigenvalue weighted by atomic mass is 35.5. The lowest BCUT2D eigenvalue weighted by molar-refractivity contribution is -0.149. The van der Waals surface area contributed by atoms with E-state index in [0.29, 0.717) is 60.4 Å². The van der Waals surface area contributed by atoms with Crippen molar-refractivity contribution >= 4 is 23.5 Å². The van der Waals surface area contributed by atoms with Crippen molar-refractivity contribution in [1.29, 1.82) is 0 Å². The van der Waals surface area contributed by atoms with E-state index in [4.69, 9.17) is 20.8 Å². The largest absolute Gasteiger partial charge is 0.466 e. The van der Waals surface area contributed by atoms with Gasteiger partial charge in [-0.3, -0.25) is 9.59 Å². The number of rotatable bonds is 5. The van der Waals surface area contributed by atoms with E-state index in [1.54, 1.807) is 47.0 Å². The molecule has 4 rings (SSSR count). The number of halogens is 1. The maximum Gasteiger partial charge on any atom is 0.309 e. The van der Waals surface area contributed by atoms with Crippen molar-refractivity contribution in [1.82, 2.24) is 14.7 Å². The Bertz CT molecular complexity index is 1040. The zero-order valence-electron chi connectivity index (χ0n) is 16.6. The Balaban J connectivity index is 1.62. The Labute approximate surface area is 179 Å². The first-order valence-electron chi connectivity index (χ1n) is 9.93. The quantitative estimate of drug-likeness (QED) is 0.570. The highest BCUT2D eigenvalue weighted by Gasteiger charge is 2.31. The number of para-hydroxylation sites is 1. The fourth-order valence-corrected chi connectivity index (χ4v) is 3.84. The molecule has 3 aromatic rings. The number of nitrogens with zero attached hydrogens (tertiary/aromatic N) is 3. The van der Waals surface area contributed by atoms with Crippen molar-refractivity contribution in [2.45, 2.75) is 19.8 Å². The first-order chi connectivity index (χ1) is 14.6. The van der Waals surface area contributed by atoms with Gasteiger partial charge in [-0.1, -0.05) is 23.7 Å². The number of aromatic nitrogens is 2. The number of hydrogen-bond acceptors (Lipinski definition) is 5. The number of benzene rings is 1. The molecular weight excluding hydrogens is 406 g/mol. The van der Waals surface area contributed by atoms with Gasteiger partial charge in [-0.2, -0.15) is 5.10 Å². The number of furan rings is 1. The number of carbonyl (C=O) groups is 2. The molecule has 2 aromatic heterocycles. The third kappa shape index (κ3) is 3.98. The number of carbonyl (C=O) groups excluding carboxylic acids is 2. The van der Waals surface area contributed by atoms with Crippen LogP contribution < -0.4 is 0 Å². The molecule has 1 aromatic carbocycles. The van der Waals surface area contributed by atoms with Crippen LogP contribution in [0.25, 0.3) is 17.1 Å².